The van der Waals surface area contributed by atoms with Crippen molar-refractivity contribution in [3.63, 3.8) is 0 Å². The number of ether oxygens (including phenoxy) is 1. The van der Waals surface area contributed by atoms with Gasteiger partial charge in [-0.3, -0.25) is 0 Å². The summed E-state index contributed by atoms with van der Waals surface area (Å²) in [7, 11) is 0. The fraction of sp³-hybridized carbons (Fsp3) is 0.267. The van der Waals surface area contributed by atoms with Gasteiger partial charge < -0.3 is 4.74 Å². The van der Waals surface area contributed by atoms with Gasteiger partial charge in [-0.25, -0.2) is 4.79 Å². The Labute approximate surface area is 103 Å². The van der Waals surface area contributed by atoms with E-state index in [0.29, 0.717) is 12.2 Å². The molecule has 1 rings (SSSR count). The van der Waals surface area contributed by atoms with Crippen LogP contribution in [0.2, 0.25) is 0 Å². The molecule has 0 aliphatic heterocycles. The first-order chi connectivity index (χ1) is 8.04. The molecular formula is C15H18O2. The predicted molar refractivity (Wildman–Crippen MR) is 70.9 cm³/mol. The predicted octanol–water partition coefficient (Wildman–Crippen LogP) is 3.84. The van der Waals surface area contributed by atoms with Gasteiger partial charge in [0.15, 0.2) is 0 Å². The summed E-state index contributed by atoms with van der Waals surface area (Å²) in [6.45, 7) is 10.0. The molecule has 2 heteroatoms. The van der Waals surface area contributed by atoms with Crippen LogP contribution in [-0.4, -0.2) is 12.6 Å². The van der Waals surface area contributed by atoms with Crippen LogP contribution in [0.25, 0.3) is 5.57 Å². The summed E-state index contributed by atoms with van der Waals surface area (Å²) in [6.07, 6.45) is 2.01. The van der Waals surface area contributed by atoms with Crippen molar-refractivity contribution < 1.29 is 9.53 Å². The minimum atomic E-state index is -0.277. The fourth-order valence-electron chi connectivity index (χ4n) is 1.54. The van der Waals surface area contributed by atoms with Gasteiger partial charge in [-0.2, -0.15) is 0 Å². The van der Waals surface area contributed by atoms with E-state index < -0.39 is 0 Å². The van der Waals surface area contributed by atoms with Crippen LogP contribution in [0, 0.1) is 0 Å². The maximum Gasteiger partial charge on any atom is 0.338 e. The summed E-state index contributed by atoms with van der Waals surface area (Å²) in [5.41, 5.74) is 3.81. The van der Waals surface area contributed by atoms with Crippen LogP contribution in [0.4, 0.5) is 0 Å². The third kappa shape index (κ3) is 3.91. The Morgan fingerprint density at radius 1 is 1.24 bits per heavy atom. The number of rotatable bonds is 4. The van der Waals surface area contributed by atoms with Gasteiger partial charge in [-0.1, -0.05) is 30.4 Å². The molecule has 0 saturated heterocycles. The molecule has 0 radical (unpaired) electrons. The minimum absolute atomic E-state index is 0.277. The summed E-state index contributed by atoms with van der Waals surface area (Å²) >= 11 is 0. The first kappa shape index (κ1) is 13.2. The number of hydrogen-bond acceptors (Lipinski definition) is 2. The summed E-state index contributed by atoms with van der Waals surface area (Å²) in [5, 5.41) is 0. The summed E-state index contributed by atoms with van der Waals surface area (Å²) < 4.78 is 4.93. The highest BCUT2D eigenvalue weighted by molar-refractivity contribution is 5.89. The lowest BCUT2D eigenvalue weighted by molar-refractivity contribution is 0.0526. The molecule has 90 valence electrons. The Morgan fingerprint density at radius 3 is 2.24 bits per heavy atom. The highest BCUT2D eigenvalue weighted by atomic mass is 16.5. The van der Waals surface area contributed by atoms with E-state index in [0.717, 1.165) is 16.7 Å². The number of benzene rings is 1. The van der Waals surface area contributed by atoms with Crippen LogP contribution in [0.5, 0.6) is 0 Å². The fourth-order valence-corrected chi connectivity index (χ4v) is 1.54. The third-order valence-corrected chi connectivity index (χ3v) is 2.31. The van der Waals surface area contributed by atoms with E-state index in [9.17, 15) is 4.79 Å². The van der Waals surface area contributed by atoms with Crippen molar-refractivity contribution in [2.24, 2.45) is 0 Å². The van der Waals surface area contributed by atoms with Crippen molar-refractivity contribution in [1.82, 2.24) is 0 Å². The van der Waals surface area contributed by atoms with Crippen molar-refractivity contribution in [2.45, 2.75) is 20.8 Å². The van der Waals surface area contributed by atoms with Crippen LogP contribution in [0.1, 0.15) is 36.7 Å². The van der Waals surface area contributed by atoms with Gasteiger partial charge in [0.1, 0.15) is 0 Å². The second-order valence-electron chi connectivity index (χ2n) is 3.97. The van der Waals surface area contributed by atoms with Crippen LogP contribution < -0.4 is 0 Å². The number of carbonyl (C=O) groups is 1. The van der Waals surface area contributed by atoms with Crippen molar-refractivity contribution in [3.8, 4) is 0 Å². The van der Waals surface area contributed by atoms with Crippen LogP contribution in [0.3, 0.4) is 0 Å². The van der Waals surface area contributed by atoms with E-state index >= 15 is 0 Å². The first-order valence-corrected chi connectivity index (χ1v) is 5.66. The highest BCUT2D eigenvalue weighted by Crippen LogP contribution is 2.16. The number of esters is 1. The molecule has 0 saturated carbocycles. The maximum absolute atomic E-state index is 11.5. The van der Waals surface area contributed by atoms with E-state index in [1.165, 1.54) is 0 Å². The number of carbonyl (C=O) groups excluding carboxylic acids is 1. The minimum Gasteiger partial charge on any atom is -0.462 e. The Bertz CT molecular complexity index is 438. The van der Waals surface area contributed by atoms with Gasteiger partial charge in [0.05, 0.1) is 12.2 Å². The van der Waals surface area contributed by atoms with Crippen LogP contribution in [0.15, 0.2) is 42.5 Å². The molecule has 0 aliphatic rings. The zero-order chi connectivity index (χ0) is 12.8. The summed E-state index contributed by atoms with van der Waals surface area (Å²) in [6, 6.07) is 7.40. The molecule has 0 amide bonds. The van der Waals surface area contributed by atoms with Gasteiger partial charge in [-0.15, -0.1) is 0 Å². The molecule has 0 fully saturated rings. The zero-order valence-corrected chi connectivity index (χ0v) is 10.6. The lowest BCUT2D eigenvalue weighted by Gasteiger charge is -2.04. The SMILES string of the molecule is C=C(C)/C=C(/C)c1ccc(C(=O)OCC)cc1. The lowest BCUT2D eigenvalue weighted by Crippen LogP contribution is -2.04. The molecule has 0 aromatic heterocycles. The smallest absolute Gasteiger partial charge is 0.338 e. The molecule has 1 aromatic rings. The highest BCUT2D eigenvalue weighted by Gasteiger charge is 2.05. The third-order valence-electron chi connectivity index (χ3n) is 2.31. The first-order valence-electron chi connectivity index (χ1n) is 5.66. The molecule has 17 heavy (non-hydrogen) atoms. The summed E-state index contributed by atoms with van der Waals surface area (Å²) in [5.74, 6) is -0.277. The van der Waals surface area contributed by atoms with Gasteiger partial charge in [-0.05, 0) is 44.0 Å². The molecule has 2 nitrogen and oxygen atoms in total. The van der Waals surface area contributed by atoms with Gasteiger partial charge in [0, 0.05) is 0 Å². The Hall–Kier alpha value is -1.83. The van der Waals surface area contributed by atoms with E-state index in [1.807, 2.05) is 32.1 Å². The van der Waals surface area contributed by atoms with Crippen molar-refractivity contribution in [2.75, 3.05) is 6.61 Å². The quantitative estimate of drug-likeness (QED) is 0.580. The standard InChI is InChI=1S/C15H18O2/c1-5-17-15(16)14-8-6-13(7-9-14)12(4)10-11(2)3/h6-10H,2,5H2,1,3-4H3/b12-10-. The molecule has 0 spiro atoms. The molecule has 0 bridgehead atoms. The topological polar surface area (TPSA) is 26.3 Å². The van der Waals surface area contributed by atoms with Gasteiger partial charge in [0.2, 0.25) is 0 Å². The Kier molecular flexibility index (Phi) is 4.70. The van der Waals surface area contributed by atoms with E-state index in [2.05, 4.69) is 6.58 Å². The maximum atomic E-state index is 11.5. The second kappa shape index (κ2) is 6.04. The van der Waals surface area contributed by atoms with Gasteiger partial charge in [0.25, 0.3) is 0 Å². The van der Waals surface area contributed by atoms with E-state index in [1.54, 1.807) is 19.1 Å². The molecule has 0 atom stereocenters. The van der Waals surface area contributed by atoms with Gasteiger partial charge >= 0.3 is 5.97 Å². The molecule has 0 aliphatic carbocycles. The van der Waals surface area contributed by atoms with Crippen molar-refractivity contribution >= 4 is 11.5 Å². The second-order valence-corrected chi connectivity index (χ2v) is 3.97. The normalized spacial score (nSPS) is 11.1. The number of allylic oxidation sites excluding steroid dienone is 3. The summed E-state index contributed by atoms with van der Waals surface area (Å²) in [4.78, 5) is 11.5. The molecule has 0 N–H and O–H groups in total. The van der Waals surface area contributed by atoms with Crippen molar-refractivity contribution in [3.05, 3.63) is 53.6 Å². The monoisotopic (exact) mass is 230 g/mol. The Morgan fingerprint density at radius 2 is 1.76 bits per heavy atom. The largest absolute Gasteiger partial charge is 0.462 e. The van der Waals surface area contributed by atoms with E-state index in [-0.39, 0.29) is 5.97 Å². The zero-order valence-electron chi connectivity index (χ0n) is 10.6. The number of hydrogen-bond donors (Lipinski definition) is 0. The lowest BCUT2D eigenvalue weighted by atomic mass is 10.0. The van der Waals surface area contributed by atoms with Crippen molar-refractivity contribution in [1.29, 1.82) is 0 Å². The Balaban J connectivity index is 2.88. The average molecular weight is 230 g/mol. The molecular weight excluding hydrogens is 212 g/mol. The molecule has 0 heterocycles. The van der Waals surface area contributed by atoms with E-state index in [4.69, 9.17) is 4.74 Å². The average Bonchev–Trinajstić information content (AvgIpc) is 2.28. The molecule has 0 unspecified atom stereocenters. The molecule has 1 aromatic carbocycles. The van der Waals surface area contributed by atoms with Crippen LogP contribution >= 0.6 is 0 Å². The van der Waals surface area contributed by atoms with Crippen LogP contribution in [-0.2, 0) is 4.74 Å².